The molecule has 2 heteroatoms. The Kier molecular flexibility index (Phi) is 1.24. The van der Waals surface area contributed by atoms with Crippen molar-refractivity contribution in [3.8, 4) is 0 Å². The zero-order valence-corrected chi connectivity index (χ0v) is 5.55. The van der Waals surface area contributed by atoms with Crippen LogP contribution in [0.3, 0.4) is 0 Å². The van der Waals surface area contributed by atoms with Crippen LogP contribution in [0.1, 0.15) is 19.3 Å². The van der Waals surface area contributed by atoms with Gasteiger partial charge in [0.15, 0.2) is 0 Å². The van der Waals surface area contributed by atoms with Crippen LogP contribution < -0.4 is 0 Å². The summed E-state index contributed by atoms with van der Waals surface area (Å²) in [6.45, 7) is 1.65. The van der Waals surface area contributed by atoms with Crippen molar-refractivity contribution in [2.75, 3.05) is 13.1 Å². The molecule has 0 aromatic rings. The summed E-state index contributed by atoms with van der Waals surface area (Å²) in [4.78, 5) is 0. The number of hydroxylamine groups is 2. The molecule has 1 aliphatic carbocycles. The first-order valence-electron chi connectivity index (χ1n) is 3.78. The molecule has 2 fully saturated rings. The lowest BCUT2D eigenvalue weighted by atomic mass is 10.0. The monoisotopic (exact) mass is 126 g/mol. The highest BCUT2D eigenvalue weighted by atomic mass is 16.5. The van der Waals surface area contributed by atoms with Gasteiger partial charge >= 0.3 is 0 Å². The van der Waals surface area contributed by atoms with Gasteiger partial charge in [-0.3, -0.25) is 0 Å². The molecule has 0 amide bonds. The van der Waals surface area contributed by atoms with Gasteiger partial charge in [0, 0.05) is 0 Å². The van der Waals surface area contributed by atoms with Crippen LogP contribution in [-0.4, -0.2) is 18.2 Å². The van der Waals surface area contributed by atoms with Crippen molar-refractivity contribution in [2.45, 2.75) is 19.3 Å². The standard InChI is InChI=1S/C7H12NO/c9-8-4-6-2-1-3-7(6)5-8/h6-7H,1-5H2/q-1. The van der Waals surface area contributed by atoms with Gasteiger partial charge in [-0.25, -0.2) is 0 Å². The fraction of sp³-hybridized carbons (Fsp3) is 1.00. The van der Waals surface area contributed by atoms with Gasteiger partial charge in [0.2, 0.25) is 0 Å². The average molecular weight is 126 g/mol. The molecule has 0 bridgehead atoms. The topological polar surface area (TPSA) is 26.3 Å². The summed E-state index contributed by atoms with van der Waals surface area (Å²) in [6, 6.07) is 0. The third kappa shape index (κ3) is 0.864. The lowest BCUT2D eigenvalue weighted by Gasteiger charge is -2.21. The van der Waals surface area contributed by atoms with Gasteiger partial charge in [0.05, 0.1) is 0 Å². The molecule has 2 atom stereocenters. The normalized spacial score (nSPS) is 43.7. The van der Waals surface area contributed by atoms with Crippen molar-refractivity contribution in [2.24, 2.45) is 11.8 Å². The van der Waals surface area contributed by atoms with E-state index in [1.807, 2.05) is 0 Å². The van der Waals surface area contributed by atoms with Crippen LogP contribution in [0.2, 0.25) is 0 Å². The van der Waals surface area contributed by atoms with E-state index in [1.165, 1.54) is 24.3 Å². The van der Waals surface area contributed by atoms with Gasteiger partial charge in [0.1, 0.15) is 0 Å². The second-order valence-corrected chi connectivity index (χ2v) is 3.30. The third-order valence-electron chi connectivity index (χ3n) is 2.69. The van der Waals surface area contributed by atoms with Crippen LogP contribution in [0.15, 0.2) is 0 Å². The minimum Gasteiger partial charge on any atom is -0.785 e. The summed E-state index contributed by atoms with van der Waals surface area (Å²) < 4.78 is 0. The molecule has 2 aliphatic rings. The highest BCUT2D eigenvalue weighted by Gasteiger charge is 2.32. The SMILES string of the molecule is [O-]N1CC2CCCC2C1. The quantitative estimate of drug-likeness (QED) is 0.487. The molecule has 0 aromatic heterocycles. The second-order valence-electron chi connectivity index (χ2n) is 3.30. The minimum absolute atomic E-state index is 0.766. The molecule has 0 spiro atoms. The highest BCUT2D eigenvalue weighted by Crippen LogP contribution is 2.36. The predicted molar refractivity (Wildman–Crippen MR) is 35.8 cm³/mol. The first kappa shape index (κ1) is 5.69. The largest absolute Gasteiger partial charge is 0.785 e. The molecule has 0 N–H and O–H groups in total. The summed E-state index contributed by atoms with van der Waals surface area (Å²) in [5.74, 6) is 1.53. The maximum absolute atomic E-state index is 10.8. The van der Waals surface area contributed by atoms with Gasteiger partial charge in [-0.15, -0.1) is 0 Å². The summed E-state index contributed by atoms with van der Waals surface area (Å²) in [7, 11) is 0. The van der Waals surface area contributed by atoms with Crippen molar-refractivity contribution in [1.82, 2.24) is 5.06 Å². The van der Waals surface area contributed by atoms with Crippen LogP contribution in [0.5, 0.6) is 0 Å². The first-order valence-corrected chi connectivity index (χ1v) is 3.78. The van der Waals surface area contributed by atoms with Crippen molar-refractivity contribution in [3.05, 3.63) is 5.21 Å². The van der Waals surface area contributed by atoms with Crippen molar-refractivity contribution in [1.29, 1.82) is 0 Å². The molecule has 0 aromatic carbocycles. The van der Waals surface area contributed by atoms with Gasteiger partial charge < -0.3 is 10.3 Å². The van der Waals surface area contributed by atoms with E-state index in [0.717, 1.165) is 24.9 Å². The molecule has 52 valence electrons. The Morgan fingerprint density at radius 1 is 1.11 bits per heavy atom. The van der Waals surface area contributed by atoms with Gasteiger partial charge in [-0.05, 0) is 37.8 Å². The average Bonchev–Trinajstić information content (AvgIpc) is 2.22. The Hall–Kier alpha value is -0.0800. The zero-order valence-electron chi connectivity index (χ0n) is 5.55. The fourth-order valence-corrected chi connectivity index (χ4v) is 2.19. The van der Waals surface area contributed by atoms with Crippen LogP contribution >= 0.6 is 0 Å². The number of fused-ring (bicyclic) bond motifs is 1. The number of rotatable bonds is 0. The molecule has 2 rings (SSSR count). The maximum Gasteiger partial charge on any atom is -0.0112 e. The van der Waals surface area contributed by atoms with E-state index in [-0.39, 0.29) is 0 Å². The van der Waals surface area contributed by atoms with E-state index in [1.54, 1.807) is 0 Å². The lowest BCUT2D eigenvalue weighted by molar-refractivity contribution is 0.424. The Balaban J connectivity index is 2.02. The predicted octanol–water partition coefficient (Wildman–Crippen LogP) is 1.22. The van der Waals surface area contributed by atoms with Crippen LogP contribution in [0.25, 0.3) is 0 Å². The molecule has 1 saturated carbocycles. The molecule has 1 saturated heterocycles. The summed E-state index contributed by atoms with van der Waals surface area (Å²) in [5, 5.41) is 12.0. The van der Waals surface area contributed by atoms with Crippen molar-refractivity contribution < 1.29 is 0 Å². The Labute approximate surface area is 55.4 Å². The summed E-state index contributed by atoms with van der Waals surface area (Å²) in [5.41, 5.74) is 0. The molecular weight excluding hydrogens is 114 g/mol. The zero-order chi connectivity index (χ0) is 6.27. The van der Waals surface area contributed by atoms with Gasteiger partial charge in [0.25, 0.3) is 0 Å². The lowest BCUT2D eigenvalue weighted by Crippen LogP contribution is -2.12. The molecule has 2 nitrogen and oxygen atoms in total. The molecule has 0 radical (unpaired) electrons. The Morgan fingerprint density at radius 2 is 1.67 bits per heavy atom. The highest BCUT2D eigenvalue weighted by molar-refractivity contribution is 4.88. The fourth-order valence-electron chi connectivity index (χ4n) is 2.19. The summed E-state index contributed by atoms with van der Waals surface area (Å²) >= 11 is 0. The second kappa shape index (κ2) is 1.96. The summed E-state index contributed by atoms with van der Waals surface area (Å²) in [6.07, 6.45) is 3.98. The molecule has 9 heavy (non-hydrogen) atoms. The number of hydrogen-bond acceptors (Lipinski definition) is 2. The Morgan fingerprint density at radius 3 is 2.22 bits per heavy atom. The smallest absolute Gasteiger partial charge is 0.0112 e. The van der Waals surface area contributed by atoms with E-state index in [2.05, 4.69) is 0 Å². The van der Waals surface area contributed by atoms with Gasteiger partial charge in [-0.2, -0.15) is 0 Å². The first-order chi connectivity index (χ1) is 4.36. The van der Waals surface area contributed by atoms with Gasteiger partial charge in [-0.1, -0.05) is 6.42 Å². The van der Waals surface area contributed by atoms with Crippen LogP contribution in [0.4, 0.5) is 0 Å². The molecule has 1 aliphatic heterocycles. The third-order valence-corrected chi connectivity index (χ3v) is 2.69. The van der Waals surface area contributed by atoms with Crippen LogP contribution in [0, 0.1) is 17.0 Å². The Bertz CT molecular complexity index is 103. The van der Waals surface area contributed by atoms with Crippen molar-refractivity contribution >= 4 is 0 Å². The number of hydrogen-bond donors (Lipinski definition) is 0. The van der Waals surface area contributed by atoms with E-state index < -0.39 is 0 Å². The van der Waals surface area contributed by atoms with E-state index in [9.17, 15) is 5.21 Å². The molecule has 1 heterocycles. The molecule has 2 unspecified atom stereocenters. The van der Waals surface area contributed by atoms with Crippen LogP contribution in [-0.2, 0) is 0 Å². The number of nitrogens with zero attached hydrogens (tertiary/aromatic N) is 1. The molecular formula is C7H12NO-. The van der Waals surface area contributed by atoms with Crippen molar-refractivity contribution in [3.63, 3.8) is 0 Å². The minimum atomic E-state index is 0.766. The van der Waals surface area contributed by atoms with E-state index in [0.29, 0.717) is 0 Å². The van der Waals surface area contributed by atoms with E-state index >= 15 is 0 Å². The van der Waals surface area contributed by atoms with E-state index in [4.69, 9.17) is 0 Å². The maximum atomic E-state index is 10.8.